The summed E-state index contributed by atoms with van der Waals surface area (Å²) in [6.45, 7) is 3.09. The Morgan fingerprint density at radius 2 is 2.00 bits per heavy atom. The minimum Gasteiger partial charge on any atom is -0.508 e. The Balaban J connectivity index is 2.13. The van der Waals surface area contributed by atoms with Crippen molar-refractivity contribution in [3.05, 3.63) is 17.7 Å². The maximum Gasteiger partial charge on any atom is 0.165 e. The van der Waals surface area contributed by atoms with E-state index >= 15 is 0 Å². The van der Waals surface area contributed by atoms with E-state index in [-0.39, 0.29) is 17.2 Å². The van der Waals surface area contributed by atoms with Gasteiger partial charge >= 0.3 is 0 Å². The highest BCUT2D eigenvalue weighted by molar-refractivity contribution is 5.57. The molecule has 1 aromatic rings. The molecule has 0 amide bonds. The van der Waals surface area contributed by atoms with E-state index in [2.05, 4.69) is 0 Å². The van der Waals surface area contributed by atoms with Gasteiger partial charge in [-0.25, -0.2) is 0 Å². The molecule has 1 unspecified atom stereocenters. The fourth-order valence-corrected chi connectivity index (χ4v) is 2.61. The van der Waals surface area contributed by atoms with Crippen molar-refractivity contribution in [3.63, 3.8) is 0 Å². The second-order valence-electron chi connectivity index (χ2n) is 4.96. The summed E-state index contributed by atoms with van der Waals surface area (Å²) in [5, 5.41) is 9.77. The topological polar surface area (TPSA) is 64.7 Å². The van der Waals surface area contributed by atoms with Crippen LogP contribution in [-0.2, 0) is 5.41 Å². The van der Waals surface area contributed by atoms with Crippen LogP contribution in [0.4, 0.5) is 0 Å². The first kappa shape index (κ1) is 10.7. The molecule has 0 radical (unpaired) electrons. The van der Waals surface area contributed by atoms with E-state index in [1.807, 2.05) is 6.92 Å². The number of aromatic hydroxyl groups is 1. The molecule has 1 atom stereocenters. The van der Waals surface area contributed by atoms with Crippen LogP contribution >= 0.6 is 0 Å². The number of phenols is 1. The zero-order chi connectivity index (χ0) is 12.0. The van der Waals surface area contributed by atoms with E-state index in [9.17, 15) is 5.11 Å². The van der Waals surface area contributed by atoms with Gasteiger partial charge in [-0.3, -0.25) is 0 Å². The molecule has 17 heavy (non-hydrogen) atoms. The lowest BCUT2D eigenvalue weighted by atomic mass is 9.88. The molecule has 4 heteroatoms. The second kappa shape index (κ2) is 3.53. The van der Waals surface area contributed by atoms with Crippen molar-refractivity contribution in [2.45, 2.75) is 31.2 Å². The first-order valence-electron chi connectivity index (χ1n) is 6.02. The zero-order valence-corrected chi connectivity index (χ0v) is 9.90. The highest BCUT2D eigenvalue weighted by Gasteiger charge is 2.50. The second-order valence-corrected chi connectivity index (χ2v) is 4.96. The van der Waals surface area contributed by atoms with Gasteiger partial charge in [0.25, 0.3) is 0 Å². The third kappa shape index (κ3) is 1.55. The Bertz CT molecular complexity index is 452. The summed E-state index contributed by atoms with van der Waals surface area (Å²) in [6, 6.07) is 3.43. The zero-order valence-electron chi connectivity index (χ0n) is 9.90. The highest BCUT2D eigenvalue weighted by atomic mass is 16.6. The van der Waals surface area contributed by atoms with Gasteiger partial charge in [0.2, 0.25) is 0 Å². The largest absolute Gasteiger partial charge is 0.508 e. The molecule has 1 aliphatic heterocycles. The molecule has 3 rings (SSSR count). The van der Waals surface area contributed by atoms with E-state index in [1.54, 1.807) is 12.1 Å². The predicted molar refractivity (Wildman–Crippen MR) is 63.7 cm³/mol. The van der Waals surface area contributed by atoms with Crippen molar-refractivity contribution in [2.75, 3.05) is 13.2 Å². The van der Waals surface area contributed by atoms with Gasteiger partial charge in [-0.2, -0.15) is 0 Å². The number of phenolic OH excluding ortho intramolecular Hbond substituents is 1. The van der Waals surface area contributed by atoms with E-state index in [4.69, 9.17) is 15.2 Å². The molecule has 0 saturated heterocycles. The fraction of sp³-hybridized carbons (Fsp3) is 0.538. The van der Waals surface area contributed by atoms with Crippen molar-refractivity contribution >= 4 is 0 Å². The molecule has 1 heterocycles. The van der Waals surface area contributed by atoms with Crippen molar-refractivity contribution in [3.8, 4) is 17.2 Å². The quantitative estimate of drug-likeness (QED) is 0.816. The van der Waals surface area contributed by atoms with Gasteiger partial charge in [-0.1, -0.05) is 0 Å². The van der Waals surface area contributed by atoms with Crippen LogP contribution in [0.3, 0.4) is 0 Å². The van der Waals surface area contributed by atoms with Crippen LogP contribution in [0, 0.1) is 0 Å². The minimum atomic E-state index is -0.0382. The van der Waals surface area contributed by atoms with Crippen LogP contribution in [-0.4, -0.2) is 24.4 Å². The molecule has 0 bridgehead atoms. The Morgan fingerprint density at radius 3 is 2.65 bits per heavy atom. The van der Waals surface area contributed by atoms with Gasteiger partial charge in [0.15, 0.2) is 11.5 Å². The average Bonchev–Trinajstić information content (AvgIpc) is 3.09. The van der Waals surface area contributed by atoms with Crippen LogP contribution in [0.5, 0.6) is 17.2 Å². The molecule has 0 spiro atoms. The number of hydrogen-bond acceptors (Lipinski definition) is 4. The monoisotopic (exact) mass is 235 g/mol. The number of nitrogens with two attached hydrogens (primary N) is 1. The van der Waals surface area contributed by atoms with Gasteiger partial charge in [-0.05, 0) is 25.8 Å². The summed E-state index contributed by atoms with van der Waals surface area (Å²) in [5.74, 6) is 1.62. The number of hydrogen-bond donors (Lipinski definition) is 2. The van der Waals surface area contributed by atoms with Crippen molar-refractivity contribution in [1.82, 2.24) is 0 Å². The number of ether oxygens (including phenoxy) is 2. The van der Waals surface area contributed by atoms with Crippen molar-refractivity contribution < 1.29 is 14.6 Å². The van der Waals surface area contributed by atoms with E-state index in [0.717, 1.165) is 24.2 Å². The average molecular weight is 235 g/mol. The van der Waals surface area contributed by atoms with Crippen LogP contribution in [0.15, 0.2) is 12.1 Å². The predicted octanol–water partition coefficient (Wildman–Crippen LogP) is 1.54. The maximum atomic E-state index is 9.77. The molecule has 0 aromatic heterocycles. The molecule has 3 N–H and O–H groups in total. The first-order valence-corrected chi connectivity index (χ1v) is 6.02. The molecular formula is C13H17NO3. The molecule has 4 nitrogen and oxygen atoms in total. The normalized spacial score (nSPS) is 22.0. The summed E-state index contributed by atoms with van der Waals surface area (Å²) in [5.41, 5.74) is 7.03. The summed E-state index contributed by atoms with van der Waals surface area (Å²) in [6.07, 6.45) is 2.09. The summed E-state index contributed by atoms with van der Waals surface area (Å²) in [4.78, 5) is 0. The molecular weight excluding hydrogens is 218 g/mol. The Labute approximate surface area is 100 Å². The van der Waals surface area contributed by atoms with Gasteiger partial charge in [-0.15, -0.1) is 0 Å². The Kier molecular flexibility index (Phi) is 2.23. The van der Waals surface area contributed by atoms with Crippen LogP contribution in [0.25, 0.3) is 0 Å². The SMILES string of the molecule is CC(N)C1(c2cc(O)cc3c2OCCO3)CC1. The van der Waals surface area contributed by atoms with Gasteiger partial charge < -0.3 is 20.3 Å². The molecule has 2 aliphatic rings. The lowest BCUT2D eigenvalue weighted by Crippen LogP contribution is -2.32. The molecule has 1 aromatic carbocycles. The van der Waals surface area contributed by atoms with Crippen LogP contribution < -0.4 is 15.2 Å². The summed E-state index contributed by atoms with van der Waals surface area (Å²) in [7, 11) is 0. The fourth-order valence-electron chi connectivity index (χ4n) is 2.61. The minimum absolute atomic E-state index is 0.0382. The number of rotatable bonds is 2. The lowest BCUT2D eigenvalue weighted by molar-refractivity contribution is 0.167. The van der Waals surface area contributed by atoms with E-state index in [0.29, 0.717) is 19.0 Å². The third-order valence-electron chi connectivity index (χ3n) is 3.82. The summed E-state index contributed by atoms with van der Waals surface area (Å²) < 4.78 is 11.2. The van der Waals surface area contributed by atoms with Crippen LogP contribution in [0.1, 0.15) is 25.3 Å². The Hall–Kier alpha value is -1.42. The highest BCUT2D eigenvalue weighted by Crippen LogP contribution is 2.56. The smallest absolute Gasteiger partial charge is 0.165 e. The summed E-state index contributed by atoms with van der Waals surface area (Å²) >= 11 is 0. The number of benzene rings is 1. The van der Waals surface area contributed by atoms with E-state index in [1.165, 1.54) is 0 Å². The number of fused-ring (bicyclic) bond motifs is 1. The van der Waals surface area contributed by atoms with Gasteiger partial charge in [0.1, 0.15) is 19.0 Å². The molecule has 1 aliphatic carbocycles. The van der Waals surface area contributed by atoms with Crippen molar-refractivity contribution in [2.24, 2.45) is 5.73 Å². The van der Waals surface area contributed by atoms with Gasteiger partial charge in [0, 0.05) is 23.1 Å². The van der Waals surface area contributed by atoms with Gasteiger partial charge in [0.05, 0.1) is 0 Å². The maximum absolute atomic E-state index is 9.77. The standard InChI is InChI=1S/C13H17NO3/c1-8(14)13(2-3-13)10-6-9(15)7-11-12(10)17-5-4-16-11/h6-8,15H,2-5,14H2,1H3. The third-order valence-corrected chi connectivity index (χ3v) is 3.82. The Morgan fingerprint density at radius 1 is 1.29 bits per heavy atom. The van der Waals surface area contributed by atoms with E-state index < -0.39 is 0 Å². The van der Waals surface area contributed by atoms with Crippen molar-refractivity contribution in [1.29, 1.82) is 0 Å². The van der Waals surface area contributed by atoms with Crippen LogP contribution in [0.2, 0.25) is 0 Å². The molecule has 92 valence electrons. The lowest BCUT2D eigenvalue weighted by Gasteiger charge is -2.27. The molecule has 1 saturated carbocycles. The first-order chi connectivity index (χ1) is 8.13. The molecule has 1 fully saturated rings.